The number of piperidine rings is 1. The Morgan fingerprint density at radius 2 is 1.62 bits per heavy atom. The van der Waals surface area contributed by atoms with Crippen LogP contribution in [-0.4, -0.2) is 18.1 Å². The minimum Gasteiger partial charge on any atom is -0.382 e. The van der Waals surface area contributed by atoms with Crippen LogP contribution in [0.4, 0.5) is 5.69 Å². The maximum Gasteiger partial charge on any atom is 0.0342 e. The van der Waals surface area contributed by atoms with Gasteiger partial charge in [-0.1, -0.05) is 17.7 Å². The summed E-state index contributed by atoms with van der Waals surface area (Å²) in [6.45, 7) is 6.65. The molecule has 0 aromatic heterocycles. The van der Waals surface area contributed by atoms with Gasteiger partial charge >= 0.3 is 0 Å². The molecule has 88 valence electrons. The Morgan fingerprint density at radius 1 is 1.06 bits per heavy atom. The van der Waals surface area contributed by atoms with Gasteiger partial charge < -0.3 is 10.6 Å². The van der Waals surface area contributed by atoms with Crippen LogP contribution in [0.1, 0.15) is 32.3 Å². The van der Waals surface area contributed by atoms with Gasteiger partial charge in [0.1, 0.15) is 0 Å². The van der Waals surface area contributed by atoms with Crippen molar-refractivity contribution in [1.29, 1.82) is 0 Å². The van der Waals surface area contributed by atoms with Crippen LogP contribution in [0.3, 0.4) is 0 Å². The van der Waals surface area contributed by atoms with Crippen molar-refractivity contribution in [2.45, 2.75) is 51.7 Å². The highest BCUT2D eigenvalue weighted by Gasteiger charge is 2.22. The number of hydrogen-bond acceptors (Lipinski definition) is 2. The molecule has 0 amide bonds. The van der Waals surface area contributed by atoms with Crippen LogP contribution < -0.4 is 10.6 Å². The van der Waals surface area contributed by atoms with Gasteiger partial charge in [-0.15, -0.1) is 0 Å². The fraction of sp³-hybridized carbons (Fsp3) is 0.571. The molecule has 1 heterocycles. The maximum atomic E-state index is 3.63. The fourth-order valence-electron chi connectivity index (χ4n) is 2.57. The number of nitrogens with one attached hydrogen (secondary N) is 2. The van der Waals surface area contributed by atoms with Crippen LogP contribution in [0.25, 0.3) is 0 Å². The molecular formula is C14H22N2. The summed E-state index contributed by atoms with van der Waals surface area (Å²) in [4.78, 5) is 0. The van der Waals surface area contributed by atoms with E-state index >= 15 is 0 Å². The summed E-state index contributed by atoms with van der Waals surface area (Å²) in [5.41, 5.74) is 2.56. The van der Waals surface area contributed by atoms with Crippen molar-refractivity contribution in [2.75, 3.05) is 5.32 Å². The first kappa shape index (κ1) is 11.5. The van der Waals surface area contributed by atoms with E-state index in [4.69, 9.17) is 0 Å². The van der Waals surface area contributed by atoms with E-state index in [1.54, 1.807) is 0 Å². The Bertz CT molecular complexity index is 321. The Balaban J connectivity index is 1.96. The second-order valence-electron chi connectivity index (χ2n) is 5.15. The average Bonchev–Trinajstić information content (AvgIpc) is 2.20. The highest BCUT2D eigenvalue weighted by Crippen LogP contribution is 2.18. The Morgan fingerprint density at radius 3 is 2.19 bits per heavy atom. The molecule has 2 rings (SSSR count). The monoisotopic (exact) mass is 218 g/mol. The van der Waals surface area contributed by atoms with Crippen molar-refractivity contribution in [1.82, 2.24) is 5.32 Å². The molecule has 1 aromatic carbocycles. The van der Waals surface area contributed by atoms with Gasteiger partial charge in [0, 0.05) is 23.8 Å². The standard InChI is InChI=1S/C14H22N2/c1-10-4-6-13(7-5-10)16-14-8-11(2)15-12(3)9-14/h4-7,11-12,14-16H,8-9H2,1-3H3. The molecule has 1 aromatic rings. The largest absolute Gasteiger partial charge is 0.382 e. The summed E-state index contributed by atoms with van der Waals surface area (Å²) in [7, 11) is 0. The predicted octanol–water partition coefficient (Wildman–Crippen LogP) is 2.94. The van der Waals surface area contributed by atoms with E-state index in [1.807, 2.05) is 0 Å². The first-order valence-electron chi connectivity index (χ1n) is 6.23. The normalized spacial score (nSPS) is 30.1. The highest BCUT2D eigenvalue weighted by atomic mass is 15.0. The van der Waals surface area contributed by atoms with Gasteiger partial charge in [-0.2, -0.15) is 0 Å². The van der Waals surface area contributed by atoms with E-state index in [9.17, 15) is 0 Å². The van der Waals surface area contributed by atoms with Gasteiger partial charge in [0.15, 0.2) is 0 Å². The van der Waals surface area contributed by atoms with E-state index in [1.165, 1.54) is 24.1 Å². The summed E-state index contributed by atoms with van der Waals surface area (Å²) in [6.07, 6.45) is 2.41. The van der Waals surface area contributed by atoms with Crippen molar-refractivity contribution in [3.63, 3.8) is 0 Å². The quantitative estimate of drug-likeness (QED) is 0.797. The van der Waals surface area contributed by atoms with Crippen molar-refractivity contribution in [2.24, 2.45) is 0 Å². The molecule has 0 radical (unpaired) electrons. The van der Waals surface area contributed by atoms with Crippen molar-refractivity contribution in [3.8, 4) is 0 Å². The molecule has 2 N–H and O–H groups in total. The third-order valence-electron chi connectivity index (χ3n) is 3.27. The molecule has 0 saturated carbocycles. The zero-order valence-corrected chi connectivity index (χ0v) is 10.5. The van der Waals surface area contributed by atoms with Crippen LogP contribution in [0.2, 0.25) is 0 Å². The molecule has 2 heteroatoms. The fourth-order valence-corrected chi connectivity index (χ4v) is 2.57. The molecule has 1 saturated heterocycles. The number of anilines is 1. The summed E-state index contributed by atoms with van der Waals surface area (Å²) in [5.74, 6) is 0. The second kappa shape index (κ2) is 4.88. The molecule has 2 unspecified atom stereocenters. The molecule has 0 aliphatic carbocycles. The summed E-state index contributed by atoms with van der Waals surface area (Å²) in [5, 5.41) is 7.19. The molecule has 16 heavy (non-hydrogen) atoms. The topological polar surface area (TPSA) is 24.1 Å². The molecule has 0 spiro atoms. The molecule has 1 fully saturated rings. The highest BCUT2D eigenvalue weighted by molar-refractivity contribution is 5.45. The van der Waals surface area contributed by atoms with Gasteiger partial charge in [0.2, 0.25) is 0 Å². The lowest BCUT2D eigenvalue weighted by Gasteiger charge is -2.34. The average molecular weight is 218 g/mol. The number of aryl methyl sites for hydroxylation is 1. The Hall–Kier alpha value is -1.02. The Kier molecular flexibility index (Phi) is 3.49. The lowest BCUT2D eigenvalue weighted by molar-refractivity contribution is 0.330. The third kappa shape index (κ3) is 2.99. The molecule has 2 atom stereocenters. The molecule has 1 aliphatic rings. The van der Waals surface area contributed by atoms with Gasteiger partial charge in [0.25, 0.3) is 0 Å². The number of rotatable bonds is 2. The molecule has 1 aliphatic heterocycles. The van der Waals surface area contributed by atoms with E-state index in [0.29, 0.717) is 18.1 Å². The Labute approximate surface area is 98.4 Å². The van der Waals surface area contributed by atoms with Gasteiger partial charge in [-0.3, -0.25) is 0 Å². The van der Waals surface area contributed by atoms with E-state index in [0.717, 1.165) is 0 Å². The van der Waals surface area contributed by atoms with Crippen LogP contribution >= 0.6 is 0 Å². The van der Waals surface area contributed by atoms with Crippen molar-refractivity contribution < 1.29 is 0 Å². The number of benzene rings is 1. The van der Waals surface area contributed by atoms with Crippen molar-refractivity contribution in [3.05, 3.63) is 29.8 Å². The summed E-state index contributed by atoms with van der Waals surface area (Å²) in [6, 6.07) is 10.5. The zero-order chi connectivity index (χ0) is 11.5. The number of hydrogen-bond donors (Lipinski definition) is 2. The van der Waals surface area contributed by atoms with Gasteiger partial charge in [-0.25, -0.2) is 0 Å². The minimum absolute atomic E-state index is 0.606. The summed E-state index contributed by atoms with van der Waals surface area (Å²) >= 11 is 0. The lowest BCUT2D eigenvalue weighted by atomic mass is 9.95. The SMILES string of the molecule is Cc1ccc(NC2CC(C)NC(C)C2)cc1. The minimum atomic E-state index is 0.606. The van der Waals surface area contributed by atoms with Crippen LogP contribution in [-0.2, 0) is 0 Å². The van der Waals surface area contributed by atoms with E-state index in [-0.39, 0.29) is 0 Å². The van der Waals surface area contributed by atoms with Crippen LogP contribution in [0.15, 0.2) is 24.3 Å². The van der Waals surface area contributed by atoms with Crippen LogP contribution in [0.5, 0.6) is 0 Å². The second-order valence-corrected chi connectivity index (χ2v) is 5.15. The first-order chi connectivity index (χ1) is 7.63. The van der Waals surface area contributed by atoms with Gasteiger partial charge in [-0.05, 0) is 45.7 Å². The van der Waals surface area contributed by atoms with Gasteiger partial charge in [0.05, 0.1) is 0 Å². The molecule has 0 bridgehead atoms. The first-order valence-corrected chi connectivity index (χ1v) is 6.23. The van der Waals surface area contributed by atoms with E-state index in [2.05, 4.69) is 55.7 Å². The smallest absolute Gasteiger partial charge is 0.0342 e. The third-order valence-corrected chi connectivity index (χ3v) is 3.27. The molecular weight excluding hydrogens is 196 g/mol. The van der Waals surface area contributed by atoms with Crippen molar-refractivity contribution >= 4 is 5.69 Å². The maximum absolute atomic E-state index is 3.63. The van der Waals surface area contributed by atoms with Crippen LogP contribution in [0, 0.1) is 6.92 Å². The molecule has 2 nitrogen and oxygen atoms in total. The predicted molar refractivity (Wildman–Crippen MR) is 69.9 cm³/mol. The lowest BCUT2D eigenvalue weighted by Crippen LogP contribution is -2.46. The summed E-state index contributed by atoms with van der Waals surface area (Å²) < 4.78 is 0. The van der Waals surface area contributed by atoms with E-state index < -0.39 is 0 Å². The zero-order valence-electron chi connectivity index (χ0n) is 10.5.